The van der Waals surface area contributed by atoms with Gasteiger partial charge in [-0.1, -0.05) is 36.0 Å². The Bertz CT molecular complexity index is 1280. The standard InChI is InChI=1S/C25H23N5O3S/c31-24(29-15-13-28(14-16-29)20-9-11-21(12-10-20)30(32)33)19-7-5-18(6-8-19)17-34-25-26-22-3-1-2-4-23(22)27-25/h1-12H,13-17H2,(H,26,27). The van der Waals surface area contributed by atoms with E-state index in [0.29, 0.717) is 31.7 Å². The smallest absolute Gasteiger partial charge is 0.269 e. The Kier molecular flexibility index (Phi) is 6.18. The molecule has 0 saturated carbocycles. The maximum absolute atomic E-state index is 13.0. The number of benzene rings is 3. The molecule has 0 bridgehead atoms. The highest BCUT2D eigenvalue weighted by Gasteiger charge is 2.22. The van der Waals surface area contributed by atoms with E-state index in [-0.39, 0.29) is 11.6 Å². The number of aromatic nitrogens is 2. The number of hydrogen-bond donors (Lipinski definition) is 1. The van der Waals surface area contributed by atoms with Gasteiger partial charge in [0.05, 0.1) is 16.0 Å². The number of anilines is 1. The van der Waals surface area contributed by atoms with Gasteiger partial charge in [-0.25, -0.2) is 4.98 Å². The molecule has 0 radical (unpaired) electrons. The minimum atomic E-state index is -0.400. The fraction of sp³-hybridized carbons (Fsp3) is 0.200. The molecule has 0 atom stereocenters. The molecule has 1 fully saturated rings. The number of hydrogen-bond acceptors (Lipinski definition) is 6. The van der Waals surface area contributed by atoms with Crippen molar-refractivity contribution < 1.29 is 9.72 Å². The number of amides is 1. The molecule has 1 N–H and O–H groups in total. The zero-order chi connectivity index (χ0) is 23.5. The third-order valence-corrected chi connectivity index (χ3v) is 6.88. The van der Waals surface area contributed by atoms with Crippen LogP contribution >= 0.6 is 11.8 Å². The summed E-state index contributed by atoms with van der Waals surface area (Å²) in [6, 6.07) is 22.3. The molecule has 1 amide bonds. The van der Waals surface area contributed by atoms with E-state index < -0.39 is 4.92 Å². The Morgan fingerprint density at radius 1 is 0.971 bits per heavy atom. The van der Waals surface area contributed by atoms with Crippen LogP contribution in [0.15, 0.2) is 78.0 Å². The number of non-ortho nitro benzene ring substituents is 1. The first-order valence-corrected chi connectivity index (χ1v) is 12.0. The molecule has 0 unspecified atom stereocenters. The largest absolute Gasteiger partial charge is 0.368 e. The maximum atomic E-state index is 13.0. The van der Waals surface area contributed by atoms with Crippen molar-refractivity contribution in [3.05, 3.63) is 94.0 Å². The van der Waals surface area contributed by atoms with Gasteiger partial charge in [-0.3, -0.25) is 14.9 Å². The van der Waals surface area contributed by atoms with Crippen molar-refractivity contribution in [2.75, 3.05) is 31.1 Å². The first-order chi connectivity index (χ1) is 16.6. The normalized spacial score (nSPS) is 13.9. The van der Waals surface area contributed by atoms with Gasteiger partial charge in [-0.2, -0.15) is 0 Å². The highest BCUT2D eigenvalue weighted by Crippen LogP contribution is 2.24. The number of carbonyl (C=O) groups is 1. The maximum Gasteiger partial charge on any atom is 0.269 e. The number of aromatic amines is 1. The van der Waals surface area contributed by atoms with E-state index in [4.69, 9.17) is 0 Å². The van der Waals surface area contributed by atoms with E-state index in [9.17, 15) is 14.9 Å². The summed E-state index contributed by atoms with van der Waals surface area (Å²) in [6.45, 7) is 2.60. The number of carbonyl (C=O) groups excluding carboxylic acids is 1. The summed E-state index contributed by atoms with van der Waals surface area (Å²) in [4.78, 5) is 35.3. The number of nitro benzene ring substituents is 1. The number of rotatable bonds is 6. The van der Waals surface area contributed by atoms with Gasteiger partial charge in [0.1, 0.15) is 0 Å². The summed E-state index contributed by atoms with van der Waals surface area (Å²) in [7, 11) is 0. The minimum absolute atomic E-state index is 0.0276. The van der Waals surface area contributed by atoms with Crippen molar-refractivity contribution >= 4 is 40.1 Å². The number of imidazole rings is 1. The third-order valence-electron chi connectivity index (χ3n) is 5.94. The van der Waals surface area contributed by atoms with Gasteiger partial charge in [0.15, 0.2) is 5.16 Å². The third kappa shape index (κ3) is 4.74. The molecule has 1 saturated heterocycles. The van der Waals surface area contributed by atoms with Crippen molar-refractivity contribution in [2.24, 2.45) is 0 Å². The predicted octanol–water partition coefficient (Wildman–Crippen LogP) is 4.73. The van der Waals surface area contributed by atoms with Crippen LogP contribution in [0, 0.1) is 10.1 Å². The molecule has 3 aromatic carbocycles. The van der Waals surface area contributed by atoms with Crippen LogP contribution in [-0.2, 0) is 5.75 Å². The molecule has 4 aromatic rings. The van der Waals surface area contributed by atoms with E-state index in [1.165, 1.54) is 12.1 Å². The Hall–Kier alpha value is -3.85. The molecule has 5 rings (SSSR count). The van der Waals surface area contributed by atoms with Crippen LogP contribution in [-0.4, -0.2) is 51.9 Å². The molecule has 1 aliphatic heterocycles. The van der Waals surface area contributed by atoms with Crippen molar-refractivity contribution in [2.45, 2.75) is 10.9 Å². The lowest BCUT2D eigenvalue weighted by molar-refractivity contribution is -0.384. The molecule has 2 heterocycles. The van der Waals surface area contributed by atoms with Crippen LogP contribution in [0.3, 0.4) is 0 Å². The van der Waals surface area contributed by atoms with Crippen molar-refractivity contribution in [3.8, 4) is 0 Å². The highest BCUT2D eigenvalue weighted by atomic mass is 32.2. The summed E-state index contributed by atoms with van der Waals surface area (Å²) in [6.07, 6.45) is 0. The number of H-pyrrole nitrogens is 1. The Morgan fingerprint density at radius 2 is 1.68 bits per heavy atom. The second-order valence-electron chi connectivity index (χ2n) is 8.10. The molecule has 0 spiro atoms. The summed E-state index contributed by atoms with van der Waals surface area (Å²) in [5, 5.41) is 11.7. The Labute approximate surface area is 200 Å². The highest BCUT2D eigenvalue weighted by molar-refractivity contribution is 7.98. The topological polar surface area (TPSA) is 95.4 Å². The van der Waals surface area contributed by atoms with Gasteiger partial charge in [0.2, 0.25) is 0 Å². The number of fused-ring (bicyclic) bond motifs is 1. The van der Waals surface area contributed by atoms with E-state index in [1.807, 2.05) is 53.4 Å². The number of nitro groups is 1. The van der Waals surface area contributed by atoms with Crippen LogP contribution in [0.2, 0.25) is 0 Å². The van der Waals surface area contributed by atoms with E-state index in [1.54, 1.807) is 23.9 Å². The van der Waals surface area contributed by atoms with E-state index in [2.05, 4.69) is 14.9 Å². The second kappa shape index (κ2) is 9.56. The zero-order valence-corrected chi connectivity index (χ0v) is 19.2. The fourth-order valence-corrected chi connectivity index (χ4v) is 4.87. The van der Waals surface area contributed by atoms with Gasteiger partial charge < -0.3 is 14.8 Å². The summed E-state index contributed by atoms with van der Waals surface area (Å²) >= 11 is 1.64. The summed E-state index contributed by atoms with van der Waals surface area (Å²) in [5.41, 5.74) is 4.81. The van der Waals surface area contributed by atoms with Crippen LogP contribution in [0.1, 0.15) is 15.9 Å². The average molecular weight is 474 g/mol. The first kappa shape index (κ1) is 22.0. The van der Waals surface area contributed by atoms with Crippen LogP contribution in [0.4, 0.5) is 11.4 Å². The lowest BCUT2D eigenvalue weighted by Gasteiger charge is -2.36. The minimum Gasteiger partial charge on any atom is -0.368 e. The second-order valence-corrected chi connectivity index (χ2v) is 9.06. The molecule has 0 aliphatic carbocycles. The predicted molar refractivity (Wildman–Crippen MR) is 133 cm³/mol. The van der Waals surface area contributed by atoms with E-state index in [0.717, 1.165) is 33.2 Å². The Balaban J connectivity index is 1.15. The fourth-order valence-electron chi connectivity index (χ4n) is 4.03. The molecule has 8 nitrogen and oxygen atoms in total. The van der Waals surface area contributed by atoms with Crippen LogP contribution < -0.4 is 4.90 Å². The molecule has 9 heteroatoms. The number of nitrogens with zero attached hydrogens (tertiary/aromatic N) is 4. The number of nitrogens with one attached hydrogen (secondary N) is 1. The average Bonchev–Trinajstić information content (AvgIpc) is 3.31. The number of thioether (sulfide) groups is 1. The zero-order valence-electron chi connectivity index (χ0n) is 18.4. The van der Waals surface area contributed by atoms with Gasteiger partial charge in [0.25, 0.3) is 11.6 Å². The van der Waals surface area contributed by atoms with Crippen LogP contribution in [0.25, 0.3) is 11.0 Å². The van der Waals surface area contributed by atoms with Crippen molar-refractivity contribution in [1.82, 2.24) is 14.9 Å². The lowest BCUT2D eigenvalue weighted by atomic mass is 10.1. The quantitative estimate of drug-likeness (QED) is 0.247. The van der Waals surface area contributed by atoms with Gasteiger partial charge >= 0.3 is 0 Å². The van der Waals surface area contributed by atoms with E-state index >= 15 is 0 Å². The van der Waals surface area contributed by atoms with Gasteiger partial charge in [-0.05, 0) is 42.0 Å². The molecule has 172 valence electrons. The Morgan fingerprint density at radius 3 is 2.35 bits per heavy atom. The monoisotopic (exact) mass is 473 g/mol. The molecule has 34 heavy (non-hydrogen) atoms. The molecular weight excluding hydrogens is 450 g/mol. The van der Waals surface area contributed by atoms with Crippen LogP contribution in [0.5, 0.6) is 0 Å². The summed E-state index contributed by atoms with van der Waals surface area (Å²) < 4.78 is 0. The van der Waals surface area contributed by atoms with Crippen molar-refractivity contribution in [3.63, 3.8) is 0 Å². The van der Waals surface area contributed by atoms with Gasteiger partial charge in [0, 0.05) is 55.3 Å². The number of para-hydroxylation sites is 2. The van der Waals surface area contributed by atoms with Crippen molar-refractivity contribution in [1.29, 1.82) is 0 Å². The molecule has 1 aliphatic rings. The summed E-state index contributed by atoms with van der Waals surface area (Å²) in [5.74, 6) is 0.794. The SMILES string of the molecule is O=C(c1ccc(CSc2nc3ccccc3[nH]2)cc1)N1CCN(c2ccc([N+](=O)[O-])cc2)CC1. The van der Waals surface area contributed by atoms with Gasteiger partial charge in [-0.15, -0.1) is 0 Å². The molecular formula is C25H23N5O3S. The molecule has 1 aromatic heterocycles. The first-order valence-electron chi connectivity index (χ1n) is 11.0. The number of piperazine rings is 1. The lowest BCUT2D eigenvalue weighted by Crippen LogP contribution is -2.48.